The summed E-state index contributed by atoms with van der Waals surface area (Å²) < 4.78 is 0. The Morgan fingerprint density at radius 3 is 1.67 bits per heavy atom. The van der Waals surface area contributed by atoms with Gasteiger partial charge in [0.25, 0.3) is 0 Å². The van der Waals surface area contributed by atoms with Crippen molar-refractivity contribution in [3.8, 4) is 0 Å². The molecule has 0 aliphatic rings. The van der Waals surface area contributed by atoms with Gasteiger partial charge in [0.1, 0.15) is 0 Å². The number of carbonyl (C=O) groups is 2. The monoisotopic (exact) mass is 468 g/mol. The van der Waals surface area contributed by atoms with Crippen molar-refractivity contribution in [1.82, 2.24) is 9.80 Å². The molecule has 30 heavy (non-hydrogen) atoms. The van der Waals surface area contributed by atoms with Crippen LogP contribution in [-0.2, 0) is 19.4 Å². The molecule has 0 rings (SSSR count). The van der Waals surface area contributed by atoms with Gasteiger partial charge in [-0.3, -0.25) is 9.80 Å². The molecule has 0 radical (unpaired) electrons. The van der Waals surface area contributed by atoms with Crippen molar-refractivity contribution in [3.05, 3.63) is 0 Å². The Kier molecular flexibility index (Phi) is 35.4. The Morgan fingerprint density at radius 2 is 1.27 bits per heavy atom. The van der Waals surface area contributed by atoms with E-state index in [9.17, 15) is 30.3 Å². The Bertz CT molecular complexity index is 440. The van der Waals surface area contributed by atoms with Crippen LogP contribution < -0.4 is 139 Å². The van der Waals surface area contributed by atoms with Crippen LogP contribution in [0.5, 0.6) is 0 Å². The Balaban J connectivity index is -0.000000521. The van der Waals surface area contributed by atoms with Crippen molar-refractivity contribution in [1.29, 1.82) is 0 Å². The van der Waals surface area contributed by atoms with Crippen LogP contribution in [0.2, 0.25) is 0 Å². The molecule has 0 aliphatic carbocycles. The van der Waals surface area contributed by atoms with Crippen molar-refractivity contribution < 1.29 is 158 Å². The number of carboxylic acids is 2. The summed E-state index contributed by atoms with van der Waals surface area (Å²) in [4.78, 5) is 33.3. The number of carbonyl (C=O) groups excluding carboxylic acids is 2. The van der Waals surface area contributed by atoms with Crippen LogP contribution >= 0.6 is 0 Å². The summed E-state index contributed by atoms with van der Waals surface area (Å²) in [7, 11) is 3.31. The molecule has 0 saturated carbocycles. The molecular formula is C16H28N2Na4O8. The first kappa shape index (κ1) is 42.8. The third-order valence-corrected chi connectivity index (χ3v) is 4.50. The fourth-order valence-corrected chi connectivity index (χ4v) is 2.64. The second-order valence-electron chi connectivity index (χ2n) is 6.82. The molecule has 0 saturated heterocycles. The van der Waals surface area contributed by atoms with E-state index < -0.39 is 23.9 Å². The third-order valence-electron chi connectivity index (χ3n) is 4.50. The van der Waals surface area contributed by atoms with Gasteiger partial charge in [0.2, 0.25) is 0 Å². The van der Waals surface area contributed by atoms with Gasteiger partial charge < -0.3 is 40.1 Å². The molecule has 10 nitrogen and oxygen atoms in total. The maximum Gasteiger partial charge on any atom is 1.00 e. The predicted octanol–water partition coefficient (Wildman–Crippen LogP) is -16.3. The minimum absolute atomic E-state index is 0. The molecule has 0 fully saturated rings. The number of carboxylic acid groups (broad SMARTS) is 2. The van der Waals surface area contributed by atoms with Gasteiger partial charge in [-0.2, -0.15) is 0 Å². The molecule has 4 unspecified atom stereocenters. The van der Waals surface area contributed by atoms with Crippen LogP contribution in [-0.4, -0.2) is 74.2 Å². The summed E-state index contributed by atoms with van der Waals surface area (Å²) in [6.45, 7) is 3.82. The van der Waals surface area contributed by atoms with Gasteiger partial charge in [0, 0.05) is 44.4 Å². The first-order chi connectivity index (χ1) is 12.1. The van der Waals surface area contributed by atoms with Gasteiger partial charge in [-0.25, -0.2) is 0 Å². The molecule has 154 valence electrons. The molecule has 14 heteroatoms. The Hall–Kier alpha value is 2.70. The smallest absolute Gasteiger partial charge is 0.723 e. The number of aliphatic carboxylic acids is 2. The molecule has 0 aromatic carbocycles. The molecule has 0 heterocycles. The molecule has 0 aliphatic heterocycles. The molecule has 0 N–H and O–H groups in total. The number of hydrogen-bond donors (Lipinski definition) is 0. The van der Waals surface area contributed by atoms with E-state index in [4.69, 9.17) is 0 Å². The molecule has 0 spiro atoms. The summed E-state index contributed by atoms with van der Waals surface area (Å²) in [6.07, 6.45) is 0.367. The molecule has 4 atom stereocenters. The van der Waals surface area contributed by atoms with E-state index in [2.05, 4.69) is 9.78 Å². The van der Waals surface area contributed by atoms with Crippen LogP contribution in [0.3, 0.4) is 0 Å². The van der Waals surface area contributed by atoms with E-state index in [1.807, 2.05) is 11.8 Å². The average Bonchev–Trinajstić information content (AvgIpc) is 2.56. The first-order valence-corrected chi connectivity index (χ1v) is 8.45. The van der Waals surface area contributed by atoms with Gasteiger partial charge >= 0.3 is 118 Å². The van der Waals surface area contributed by atoms with Crippen molar-refractivity contribution >= 4 is 11.9 Å². The summed E-state index contributed by atoms with van der Waals surface area (Å²) in [5.74, 6) is -3.67. The fraction of sp³-hybridized carbons (Fsp3) is 0.875. The van der Waals surface area contributed by atoms with Gasteiger partial charge in [-0.15, -0.1) is 0 Å². The summed E-state index contributed by atoms with van der Waals surface area (Å²) >= 11 is 0. The molecule has 0 bridgehead atoms. The van der Waals surface area contributed by atoms with Crippen LogP contribution in [0.25, 0.3) is 0 Å². The standard InChI is InChI=1S/C16H32N2O8.4Na/c1-11(9-25-23)7-13(10-26-24)17(3)5-6-18(4)14(16(21)22)8-12(2)15(19)20;;;;/h11-14,23-24H,5-10H2,1-4H3,(H,19,20)(H,21,22);;;;/q;4*+1/p-4. The minimum Gasteiger partial charge on any atom is -0.723 e. The quantitative estimate of drug-likeness (QED) is 0.129. The van der Waals surface area contributed by atoms with Gasteiger partial charge in [-0.1, -0.05) is 13.8 Å². The van der Waals surface area contributed by atoms with E-state index in [-0.39, 0.29) is 150 Å². The maximum absolute atomic E-state index is 11.3. The zero-order valence-corrected chi connectivity index (χ0v) is 27.7. The Morgan fingerprint density at radius 1 is 0.800 bits per heavy atom. The number of rotatable bonds is 15. The largest absolute Gasteiger partial charge is 1.00 e. The van der Waals surface area contributed by atoms with Crippen LogP contribution in [0.1, 0.15) is 26.7 Å². The second kappa shape index (κ2) is 24.8. The Labute approximate surface area is 267 Å². The van der Waals surface area contributed by atoms with Crippen LogP contribution in [0.4, 0.5) is 0 Å². The van der Waals surface area contributed by atoms with Gasteiger partial charge in [0.15, 0.2) is 0 Å². The normalized spacial score (nSPS) is 14.3. The van der Waals surface area contributed by atoms with Crippen LogP contribution in [0.15, 0.2) is 0 Å². The summed E-state index contributed by atoms with van der Waals surface area (Å²) in [6, 6.07) is -1.34. The third kappa shape index (κ3) is 19.1. The van der Waals surface area contributed by atoms with E-state index in [1.165, 1.54) is 11.8 Å². The van der Waals surface area contributed by atoms with Crippen molar-refractivity contribution in [2.45, 2.75) is 38.8 Å². The topological polar surface area (TPSA) is 151 Å². The predicted molar refractivity (Wildman–Crippen MR) is 82.3 cm³/mol. The first-order valence-electron chi connectivity index (χ1n) is 8.45. The van der Waals surface area contributed by atoms with E-state index in [0.717, 1.165) is 0 Å². The van der Waals surface area contributed by atoms with Gasteiger partial charge in [0.05, 0.1) is 5.97 Å². The number of nitrogens with zero attached hydrogens (tertiary/aromatic N) is 2. The number of hydrogen-bond acceptors (Lipinski definition) is 10. The summed E-state index contributed by atoms with van der Waals surface area (Å²) in [5, 5.41) is 42.9. The van der Waals surface area contributed by atoms with Gasteiger partial charge in [-0.05, 0) is 38.8 Å². The minimum atomic E-state index is -1.36. The number of likely N-dealkylation sites (N-methyl/N-ethyl adjacent to an activating group) is 2. The fourth-order valence-electron chi connectivity index (χ4n) is 2.64. The van der Waals surface area contributed by atoms with Crippen LogP contribution in [0, 0.1) is 11.8 Å². The second-order valence-corrected chi connectivity index (χ2v) is 6.82. The van der Waals surface area contributed by atoms with Crippen molar-refractivity contribution in [3.63, 3.8) is 0 Å². The molecule has 0 aromatic heterocycles. The zero-order valence-electron chi connectivity index (χ0n) is 19.7. The van der Waals surface area contributed by atoms with E-state index in [0.29, 0.717) is 19.5 Å². The summed E-state index contributed by atoms with van der Waals surface area (Å²) in [5.41, 5.74) is 0. The molecule has 0 aromatic rings. The molecular weight excluding hydrogens is 440 g/mol. The SMILES string of the molecule is CC(CO[O-])CC(CO[O-])N(C)CCN(C)C(CC(C)C(=O)[O-])C(=O)[O-].[Na+].[Na+].[Na+].[Na+]. The molecule has 0 amide bonds. The van der Waals surface area contributed by atoms with E-state index >= 15 is 0 Å². The van der Waals surface area contributed by atoms with E-state index in [1.54, 1.807) is 14.1 Å². The maximum atomic E-state index is 11.3. The average molecular weight is 468 g/mol. The zero-order chi connectivity index (χ0) is 20.3. The van der Waals surface area contributed by atoms with Crippen molar-refractivity contribution in [2.75, 3.05) is 40.4 Å². The van der Waals surface area contributed by atoms with Crippen molar-refractivity contribution in [2.24, 2.45) is 11.8 Å².